The van der Waals surface area contributed by atoms with E-state index in [1.165, 1.54) is 12.1 Å². The quantitative estimate of drug-likeness (QED) is 0.787. The standard InChI is InChI=1S/C19H24F3NO3/c1-12-8-17(2,3)11-18(9-12,16(25)26)10-15(24)23-14-6-4-5-13(7-14)19(20,21)22/h4-7,12H,8-11H2,1-3H3,(H,23,24)(H,25,26)/t12-,18+/m0/s1. The fourth-order valence-electron chi connectivity index (χ4n) is 4.40. The van der Waals surface area contributed by atoms with Crippen LogP contribution in [-0.4, -0.2) is 17.0 Å². The highest BCUT2D eigenvalue weighted by Gasteiger charge is 2.49. The first-order valence-corrected chi connectivity index (χ1v) is 8.54. The number of alkyl halides is 3. The normalized spacial score (nSPS) is 25.5. The molecule has 0 radical (unpaired) electrons. The number of nitrogens with one attached hydrogen (secondary N) is 1. The van der Waals surface area contributed by atoms with Gasteiger partial charge in [0.2, 0.25) is 5.91 Å². The van der Waals surface area contributed by atoms with Gasteiger partial charge in [-0.15, -0.1) is 0 Å². The molecule has 2 atom stereocenters. The van der Waals surface area contributed by atoms with E-state index in [2.05, 4.69) is 5.32 Å². The Balaban J connectivity index is 2.18. The molecule has 2 N–H and O–H groups in total. The number of benzene rings is 1. The number of carbonyl (C=O) groups excluding carboxylic acids is 1. The van der Waals surface area contributed by atoms with Crippen molar-refractivity contribution in [2.75, 3.05) is 5.32 Å². The van der Waals surface area contributed by atoms with Gasteiger partial charge in [-0.2, -0.15) is 13.2 Å². The molecule has 1 aromatic carbocycles. The van der Waals surface area contributed by atoms with Crippen LogP contribution in [0.5, 0.6) is 0 Å². The van der Waals surface area contributed by atoms with Gasteiger partial charge in [-0.25, -0.2) is 0 Å². The number of hydrogen-bond donors (Lipinski definition) is 2. The van der Waals surface area contributed by atoms with Crippen LogP contribution < -0.4 is 5.32 Å². The summed E-state index contributed by atoms with van der Waals surface area (Å²) in [5.74, 6) is -1.47. The maximum atomic E-state index is 12.8. The molecule has 0 bridgehead atoms. The highest BCUT2D eigenvalue weighted by molar-refractivity contribution is 5.94. The van der Waals surface area contributed by atoms with Crippen LogP contribution in [0.3, 0.4) is 0 Å². The van der Waals surface area contributed by atoms with E-state index < -0.39 is 29.0 Å². The summed E-state index contributed by atoms with van der Waals surface area (Å²) in [6, 6.07) is 4.32. The second-order valence-corrected chi connectivity index (χ2v) is 8.24. The lowest BCUT2D eigenvalue weighted by Crippen LogP contribution is -2.44. The fraction of sp³-hybridized carbons (Fsp3) is 0.579. The summed E-state index contributed by atoms with van der Waals surface area (Å²) < 4.78 is 38.3. The van der Waals surface area contributed by atoms with Crippen molar-refractivity contribution in [2.24, 2.45) is 16.7 Å². The zero-order valence-corrected chi connectivity index (χ0v) is 15.1. The molecular weight excluding hydrogens is 347 g/mol. The molecule has 0 aliphatic heterocycles. The molecule has 1 aromatic rings. The largest absolute Gasteiger partial charge is 0.481 e. The number of aliphatic carboxylic acids is 1. The molecule has 1 fully saturated rings. The number of rotatable bonds is 4. The first kappa shape index (κ1) is 20.3. The van der Waals surface area contributed by atoms with Gasteiger partial charge in [-0.3, -0.25) is 9.59 Å². The third-order valence-electron chi connectivity index (χ3n) is 4.88. The van der Waals surface area contributed by atoms with E-state index in [0.29, 0.717) is 12.8 Å². The predicted octanol–water partition coefficient (Wildman–Crippen LogP) is 4.95. The van der Waals surface area contributed by atoms with Gasteiger partial charge in [-0.1, -0.05) is 26.8 Å². The fourth-order valence-corrected chi connectivity index (χ4v) is 4.40. The van der Waals surface area contributed by atoms with Crippen LogP contribution in [0.15, 0.2) is 24.3 Å². The molecule has 0 heterocycles. The van der Waals surface area contributed by atoms with Crippen molar-refractivity contribution in [1.82, 2.24) is 0 Å². The topological polar surface area (TPSA) is 66.4 Å². The highest BCUT2D eigenvalue weighted by Crippen LogP contribution is 2.50. The molecule has 1 aliphatic carbocycles. The van der Waals surface area contributed by atoms with Crippen LogP contribution in [0.25, 0.3) is 0 Å². The number of hydrogen-bond acceptors (Lipinski definition) is 2. The second kappa shape index (κ2) is 6.93. The van der Waals surface area contributed by atoms with Gasteiger partial charge >= 0.3 is 12.1 Å². The van der Waals surface area contributed by atoms with Crippen LogP contribution in [0, 0.1) is 16.7 Å². The zero-order chi connectivity index (χ0) is 19.8. The molecule has 26 heavy (non-hydrogen) atoms. The van der Waals surface area contributed by atoms with Gasteiger partial charge < -0.3 is 10.4 Å². The number of carboxylic acids is 1. The van der Waals surface area contributed by atoms with Crippen LogP contribution in [0.1, 0.15) is 52.0 Å². The van der Waals surface area contributed by atoms with Crippen LogP contribution in [0.2, 0.25) is 0 Å². The zero-order valence-electron chi connectivity index (χ0n) is 15.1. The van der Waals surface area contributed by atoms with E-state index in [1.807, 2.05) is 20.8 Å². The maximum Gasteiger partial charge on any atom is 0.416 e. The molecule has 0 spiro atoms. The lowest BCUT2D eigenvalue weighted by atomic mass is 9.59. The van der Waals surface area contributed by atoms with E-state index in [1.54, 1.807) is 0 Å². The Kier molecular flexibility index (Phi) is 5.40. The molecule has 2 rings (SSSR count). The second-order valence-electron chi connectivity index (χ2n) is 8.24. The lowest BCUT2D eigenvalue weighted by Gasteiger charge is -2.44. The molecule has 4 nitrogen and oxygen atoms in total. The van der Waals surface area contributed by atoms with E-state index >= 15 is 0 Å². The number of amides is 1. The number of carbonyl (C=O) groups is 2. The van der Waals surface area contributed by atoms with Crippen molar-refractivity contribution in [2.45, 2.75) is 52.6 Å². The third-order valence-corrected chi connectivity index (χ3v) is 4.88. The number of anilines is 1. The van der Waals surface area contributed by atoms with Crippen molar-refractivity contribution < 1.29 is 27.9 Å². The summed E-state index contributed by atoms with van der Waals surface area (Å²) in [7, 11) is 0. The smallest absolute Gasteiger partial charge is 0.416 e. The molecule has 0 saturated heterocycles. The van der Waals surface area contributed by atoms with Crippen LogP contribution in [-0.2, 0) is 15.8 Å². The van der Waals surface area contributed by atoms with Crippen molar-refractivity contribution in [1.29, 1.82) is 0 Å². The first-order valence-electron chi connectivity index (χ1n) is 8.54. The minimum atomic E-state index is -4.51. The number of carboxylic acid groups (broad SMARTS) is 1. The Morgan fingerprint density at radius 1 is 1.27 bits per heavy atom. The minimum Gasteiger partial charge on any atom is -0.481 e. The van der Waals surface area contributed by atoms with E-state index in [4.69, 9.17) is 0 Å². The van der Waals surface area contributed by atoms with Crippen molar-refractivity contribution in [3.8, 4) is 0 Å². The average Bonchev–Trinajstić information content (AvgIpc) is 2.43. The first-order chi connectivity index (χ1) is 11.8. The van der Waals surface area contributed by atoms with Gasteiger partial charge in [0.15, 0.2) is 0 Å². The van der Waals surface area contributed by atoms with Crippen LogP contribution >= 0.6 is 0 Å². The monoisotopic (exact) mass is 371 g/mol. The predicted molar refractivity (Wildman–Crippen MR) is 91.6 cm³/mol. The van der Waals surface area contributed by atoms with Gasteiger partial charge in [0, 0.05) is 12.1 Å². The summed E-state index contributed by atoms with van der Waals surface area (Å²) >= 11 is 0. The summed E-state index contributed by atoms with van der Waals surface area (Å²) in [6.07, 6.45) is -3.16. The van der Waals surface area contributed by atoms with Gasteiger partial charge in [0.25, 0.3) is 0 Å². The molecule has 1 saturated carbocycles. The minimum absolute atomic E-state index is 0.00785. The SMILES string of the molecule is C[C@H]1CC(C)(C)C[C@@](CC(=O)Nc2cccc(C(F)(F)F)c2)(C(=O)O)C1. The summed E-state index contributed by atoms with van der Waals surface area (Å²) in [5.41, 5.74) is -2.27. The Morgan fingerprint density at radius 3 is 2.46 bits per heavy atom. The van der Waals surface area contributed by atoms with Crippen molar-refractivity contribution in [3.63, 3.8) is 0 Å². The molecular formula is C19H24F3NO3. The molecule has 1 aliphatic rings. The molecule has 0 aromatic heterocycles. The maximum absolute atomic E-state index is 12.8. The Labute approximate surface area is 150 Å². The average molecular weight is 371 g/mol. The van der Waals surface area contributed by atoms with Crippen molar-refractivity contribution >= 4 is 17.6 Å². The lowest BCUT2D eigenvalue weighted by molar-refractivity contribution is -0.157. The molecule has 7 heteroatoms. The Bertz CT molecular complexity index is 700. The summed E-state index contributed by atoms with van der Waals surface area (Å²) in [5, 5.41) is 12.2. The highest BCUT2D eigenvalue weighted by atomic mass is 19.4. The molecule has 0 unspecified atom stereocenters. The van der Waals surface area contributed by atoms with Gasteiger partial charge in [-0.05, 0) is 48.8 Å². The van der Waals surface area contributed by atoms with E-state index in [9.17, 15) is 27.9 Å². The summed E-state index contributed by atoms with van der Waals surface area (Å²) in [4.78, 5) is 24.4. The molecule has 1 amide bonds. The molecule has 144 valence electrons. The Hall–Kier alpha value is -2.05. The van der Waals surface area contributed by atoms with Gasteiger partial charge in [0.05, 0.1) is 11.0 Å². The van der Waals surface area contributed by atoms with Crippen LogP contribution in [0.4, 0.5) is 18.9 Å². The van der Waals surface area contributed by atoms with Crippen molar-refractivity contribution in [3.05, 3.63) is 29.8 Å². The van der Waals surface area contributed by atoms with Gasteiger partial charge in [0.1, 0.15) is 0 Å². The third kappa shape index (κ3) is 4.77. The van der Waals surface area contributed by atoms with E-state index in [0.717, 1.165) is 18.6 Å². The van der Waals surface area contributed by atoms with E-state index in [-0.39, 0.29) is 23.4 Å². The summed E-state index contributed by atoms with van der Waals surface area (Å²) in [6.45, 7) is 5.92. The Morgan fingerprint density at radius 2 is 1.92 bits per heavy atom. The number of halogens is 3.